The average Bonchev–Trinajstić information content (AvgIpc) is 2.66. The number of carbonyl (C=O) groups is 1. The highest BCUT2D eigenvalue weighted by Gasteiger charge is 2.15. The van der Waals surface area contributed by atoms with Gasteiger partial charge in [-0.05, 0) is 42.8 Å². The lowest BCUT2D eigenvalue weighted by molar-refractivity contribution is -0.144. The molecular formula is C20H18O7. The number of rotatable bonds is 6. The molecule has 140 valence electrons. The minimum Gasteiger partial charge on any atom is -0.493 e. The van der Waals surface area contributed by atoms with Gasteiger partial charge in [-0.25, -0.2) is 9.59 Å². The molecule has 0 spiro atoms. The first-order valence-corrected chi connectivity index (χ1v) is 8.12. The van der Waals surface area contributed by atoms with Crippen molar-refractivity contribution >= 4 is 16.9 Å². The molecule has 3 aromatic rings. The Morgan fingerprint density at radius 3 is 2.44 bits per heavy atom. The highest BCUT2D eigenvalue weighted by molar-refractivity contribution is 5.83. The molecule has 0 saturated carbocycles. The van der Waals surface area contributed by atoms with Gasteiger partial charge in [-0.1, -0.05) is 6.07 Å². The summed E-state index contributed by atoms with van der Waals surface area (Å²) in [5, 5.41) is 9.60. The normalized spacial score (nSPS) is 11.8. The van der Waals surface area contributed by atoms with Crippen molar-refractivity contribution in [3.05, 3.63) is 52.9 Å². The Morgan fingerprint density at radius 1 is 1.04 bits per heavy atom. The average molecular weight is 370 g/mol. The van der Waals surface area contributed by atoms with Gasteiger partial charge < -0.3 is 23.7 Å². The highest BCUT2D eigenvalue weighted by Crippen LogP contribution is 2.32. The van der Waals surface area contributed by atoms with E-state index in [0.717, 1.165) is 0 Å². The third-order valence-electron chi connectivity index (χ3n) is 4.06. The zero-order chi connectivity index (χ0) is 19.6. The lowest BCUT2D eigenvalue weighted by atomic mass is 10.1. The number of benzene rings is 2. The largest absolute Gasteiger partial charge is 0.493 e. The van der Waals surface area contributed by atoms with Crippen LogP contribution in [0.1, 0.15) is 6.92 Å². The predicted molar refractivity (Wildman–Crippen MR) is 98.7 cm³/mol. The lowest BCUT2D eigenvalue weighted by Gasteiger charge is -2.11. The smallest absolute Gasteiger partial charge is 0.344 e. The number of hydrogen-bond donors (Lipinski definition) is 1. The van der Waals surface area contributed by atoms with Gasteiger partial charge in [0.1, 0.15) is 11.3 Å². The van der Waals surface area contributed by atoms with E-state index in [1.165, 1.54) is 27.2 Å². The van der Waals surface area contributed by atoms with E-state index in [4.69, 9.17) is 23.7 Å². The summed E-state index contributed by atoms with van der Waals surface area (Å²) in [7, 11) is 3.05. The summed E-state index contributed by atoms with van der Waals surface area (Å²) in [6.45, 7) is 1.42. The number of aliphatic carboxylic acids is 1. The van der Waals surface area contributed by atoms with E-state index in [1.807, 2.05) is 0 Å². The van der Waals surface area contributed by atoms with Crippen molar-refractivity contribution in [1.29, 1.82) is 0 Å². The maximum Gasteiger partial charge on any atom is 0.344 e. The zero-order valence-corrected chi connectivity index (χ0v) is 15.0. The standard InChI is InChI=1S/C20H18O7/c1-11(19(21)22)26-14-6-4-13-8-15(20(23)27-17(13)10-14)12-5-7-16(24-2)18(9-12)25-3/h4-11H,1-3H3,(H,21,22)/t11-/m1/s1. The van der Waals surface area contributed by atoms with Crippen LogP contribution in [0.5, 0.6) is 17.2 Å². The molecule has 27 heavy (non-hydrogen) atoms. The Bertz CT molecular complexity index is 1050. The molecule has 0 fully saturated rings. The molecule has 0 aliphatic carbocycles. The summed E-state index contributed by atoms with van der Waals surface area (Å²) in [5.74, 6) is 0.279. The van der Waals surface area contributed by atoms with Crippen LogP contribution < -0.4 is 19.8 Å². The van der Waals surface area contributed by atoms with Crippen LogP contribution in [-0.2, 0) is 4.79 Å². The molecule has 7 heteroatoms. The van der Waals surface area contributed by atoms with E-state index >= 15 is 0 Å². The van der Waals surface area contributed by atoms with Crippen LogP contribution in [0.25, 0.3) is 22.1 Å². The van der Waals surface area contributed by atoms with Gasteiger partial charge in [-0.15, -0.1) is 0 Å². The summed E-state index contributed by atoms with van der Waals surface area (Å²) in [6.07, 6.45) is -1.01. The van der Waals surface area contributed by atoms with Crippen LogP contribution in [0.3, 0.4) is 0 Å². The first kappa shape index (κ1) is 18.3. The SMILES string of the molecule is COc1ccc(-c2cc3ccc(O[C@H](C)C(=O)O)cc3oc2=O)cc1OC. The first-order chi connectivity index (χ1) is 12.9. The van der Waals surface area contributed by atoms with Gasteiger partial charge in [-0.3, -0.25) is 0 Å². The summed E-state index contributed by atoms with van der Waals surface area (Å²) in [4.78, 5) is 23.4. The molecule has 3 rings (SSSR count). The molecular weight excluding hydrogens is 352 g/mol. The van der Waals surface area contributed by atoms with E-state index in [9.17, 15) is 9.59 Å². The summed E-state index contributed by atoms with van der Waals surface area (Å²) in [5.41, 5.74) is 0.775. The van der Waals surface area contributed by atoms with Crippen molar-refractivity contribution in [1.82, 2.24) is 0 Å². The van der Waals surface area contributed by atoms with Crippen molar-refractivity contribution in [2.24, 2.45) is 0 Å². The maximum absolute atomic E-state index is 12.5. The van der Waals surface area contributed by atoms with Crippen molar-refractivity contribution in [2.45, 2.75) is 13.0 Å². The fourth-order valence-corrected chi connectivity index (χ4v) is 2.62. The third-order valence-corrected chi connectivity index (χ3v) is 4.06. The molecule has 2 aromatic carbocycles. The summed E-state index contributed by atoms with van der Waals surface area (Å²) in [6, 6.07) is 11.7. The summed E-state index contributed by atoms with van der Waals surface area (Å²) < 4.78 is 21.2. The number of hydrogen-bond acceptors (Lipinski definition) is 6. The topological polar surface area (TPSA) is 95.2 Å². The number of carboxylic acids is 1. The second-order valence-electron chi connectivity index (χ2n) is 5.82. The summed E-state index contributed by atoms with van der Waals surface area (Å²) >= 11 is 0. The minimum atomic E-state index is -1.08. The Labute approximate surface area is 154 Å². The molecule has 0 unspecified atom stereocenters. The fraction of sp³-hybridized carbons (Fsp3) is 0.200. The van der Waals surface area contributed by atoms with Gasteiger partial charge in [0.05, 0.1) is 19.8 Å². The second kappa shape index (κ2) is 7.41. The van der Waals surface area contributed by atoms with E-state index in [0.29, 0.717) is 39.3 Å². The van der Waals surface area contributed by atoms with E-state index in [2.05, 4.69) is 0 Å². The number of methoxy groups -OCH3 is 2. The molecule has 0 radical (unpaired) electrons. The molecule has 0 saturated heterocycles. The molecule has 1 N–H and O–H groups in total. The van der Waals surface area contributed by atoms with Crippen molar-refractivity contribution < 1.29 is 28.5 Å². The van der Waals surface area contributed by atoms with Crippen LogP contribution in [0.2, 0.25) is 0 Å². The van der Waals surface area contributed by atoms with Crippen LogP contribution >= 0.6 is 0 Å². The Kier molecular flexibility index (Phi) is 5.03. The van der Waals surface area contributed by atoms with Crippen LogP contribution in [0.15, 0.2) is 51.7 Å². The Balaban J connectivity index is 2.03. The minimum absolute atomic E-state index is 0.305. The number of ether oxygens (including phenoxy) is 3. The monoisotopic (exact) mass is 370 g/mol. The highest BCUT2D eigenvalue weighted by atomic mass is 16.5. The lowest BCUT2D eigenvalue weighted by Crippen LogP contribution is -2.22. The van der Waals surface area contributed by atoms with Crippen LogP contribution in [-0.4, -0.2) is 31.4 Å². The molecule has 1 aromatic heterocycles. The molecule has 0 aliphatic rings. The quantitative estimate of drug-likeness (QED) is 0.665. The van der Waals surface area contributed by atoms with Crippen molar-refractivity contribution in [3.8, 4) is 28.4 Å². The number of carboxylic acid groups (broad SMARTS) is 1. The molecule has 0 aliphatic heterocycles. The first-order valence-electron chi connectivity index (χ1n) is 8.12. The zero-order valence-electron chi connectivity index (χ0n) is 15.0. The fourth-order valence-electron chi connectivity index (χ4n) is 2.62. The van der Waals surface area contributed by atoms with Gasteiger partial charge in [0.2, 0.25) is 0 Å². The molecule has 0 bridgehead atoms. The Hall–Kier alpha value is -3.48. The number of fused-ring (bicyclic) bond motifs is 1. The molecule has 7 nitrogen and oxygen atoms in total. The second-order valence-corrected chi connectivity index (χ2v) is 5.82. The van der Waals surface area contributed by atoms with Crippen LogP contribution in [0.4, 0.5) is 0 Å². The van der Waals surface area contributed by atoms with E-state index in [-0.39, 0.29) is 0 Å². The molecule has 1 heterocycles. The van der Waals surface area contributed by atoms with E-state index < -0.39 is 17.7 Å². The van der Waals surface area contributed by atoms with Gasteiger partial charge in [-0.2, -0.15) is 0 Å². The predicted octanol–water partition coefficient (Wildman–Crippen LogP) is 3.33. The van der Waals surface area contributed by atoms with Gasteiger partial charge in [0.25, 0.3) is 0 Å². The maximum atomic E-state index is 12.5. The Morgan fingerprint density at radius 2 is 1.78 bits per heavy atom. The third kappa shape index (κ3) is 3.72. The van der Waals surface area contributed by atoms with Gasteiger partial charge >= 0.3 is 11.6 Å². The molecule has 1 atom stereocenters. The van der Waals surface area contributed by atoms with Crippen LogP contribution in [0, 0.1) is 0 Å². The molecule has 0 amide bonds. The van der Waals surface area contributed by atoms with Gasteiger partial charge in [0, 0.05) is 11.5 Å². The van der Waals surface area contributed by atoms with Crippen molar-refractivity contribution in [3.63, 3.8) is 0 Å². The van der Waals surface area contributed by atoms with Gasteiger partial charge in [0.15, 0.2) is 17.6 Å². The van der Waals surface area contributed by atoms with Crippen molar-refractivity contribution in [2.75, 3.05) is 14.2 Å². The van der Waals surface area contributed by atoms with E-state index in [1.54, 1.807) is 36.4 Å².